The Morgan fingerprint density at radius 3 is 2.63 bits per heavy atom. The van der Waals surface area contributed by atoms with Crippen LogP contribution in [0.5, 0.6) is 0 Å². The van der Waals surface area contributed by atoms with Gasteiger partial charge in [-0.25, -0.2) is 0 Å². The second kappa shape index (κ2) is 4.64. The molecule has 1 N–H and O–H groups in total. The maximum absolute atomic E-state index is 12.6. The van der Waals surface area contributed by atoms with E-state index in [-0.39, 0.29) is 11.7 Å². The monoisotopic (exact) mass is 258 g/mol. The van der Waals surface area contributed by atoms with Gasteiger partial charge in [-0.2, -0.15) is 0 Å². The third-order valence-corrected chi connectivity index (χ3v) is 4.47. The zero-order valence-corrected chi connectivity index (χ0v) is 11.7. The van der Waals surface area contributed by atoms with E-state index < -0.39 is 0 Å². The molecule has 2 aliphatic rings. The second-order valence-corrected chi connectivity index (χ2v) is 6.01. The van der Waals surface area contributed by atoms with E-state index in [1.165, 1.54) is 5.56 Å². The molecule has 3 rings (SSSR count). The topological polar surface area (TPSA) is 32.3 Å². The van der Waals surface area contributed by atoms with Crippen molar-refractivity contribution in [2.24, 2.45) is 5.92 Å². The van der Waals surface area contributed by atoms with E-state index in [2.05, 4.69) is 36.2 Å². The molecule has 2 unspecified atom stereocenters. The molecule has 1 saturated heterocycles. The zero-order chi connectivity index (χ0) is 13.5. The van der Waals surface area contributed by atoms with Gasteiger partial charge in [-0.1, -0.05) is 50.6 Å². The summed E-state index contributed by atoms with van der Waals surface area (Å²) in [5.74, 6) is 0.854. The Bertz CT molecular complexity index is 467. The quantitative estimate of drug-likeness (QED) is 0.900. The van der Waals surface area contributed by atoms with Crippen molar-refractivity contribution >= 4 is 5.91 Å². The van der Waals surface area contributed by atoms with E-state index in [9.17, 15) is 4.79 Å². The van der Waals surface area contributed by atoms with Crippen molar-refractivity contribution in [3.63, 3.8) is 0 Å². The average Bonchev–Trinajstić information content (AvgIpc) is 3.18. The number of amides is 1. The lowest BCUT2D eigenvalue weighted by Crippen LogP contribution is -2.35. The first-order valence-corrected chi connectivity index (χ1v) is 7.30. The van der Waals surface area contributed by atoms with Crippen molar-refractivity contribution in [1.82, 2.24) is 10.2 Å². The number of hydrogen-bond acceptors (Lipinski definition) is 2. The van der Waals surface area contributed by atoms with E-state index in [0.717, 1.165) is 25.8 Å². The van der Waals surface area contributed by atoms with Gasteiger partial charge in [0, 0.05) is 6.54 Å². The first-order chi connectivity index (χ1) is 9.16. The summed E-state index contributed by atoms with van der Waals surface area (Å²) in [4.78, 5) is 14.6. The summed E-state index contributed by atoms with van der Waals surface area (Å²) in [6, 6.07) is 10.3. The molecule has 1 heterocycles. The Morgan fingerprint density at radius 1 is 1.37 bits per heavy atom. The predicted octanol–water partition coefficient (Wildman–Crippen LogP) is 2.70. The van der Waals surface area contributed by atoms with Crippen LogP contribution in [0.25, 0.3) is 0 Å². The lowest BCUT2D eigenvalue weighted by molar-refractivity contribution is -0.131. The summed E-state index contributed by atoms with van der Waals surface area (Å²) in [6.07, 6.45) is 3.15. The van der Waals surface area contributed by atoms with Crippen LogP contribution in [-0.4, -0.2) is 22.9 Å². The summed E-state index contributed by atoms with van der Waals surface area (Å²) in [7, 11) is 0. The Kier molecular flexibility index (Phi) is 3.09. The fourth-order valence-electron chi connectivity index (χ4n) is 2.83. The first-order valence-electron chi connectivity index (χ1n) is 7.30. The highest BCUT2D eigenvalue weighted by Gasteiger charge is 2.59. The van der Waals surface area contributed by atoms with Gasteiger partial charge in [0.1, 0.15) is 11.7 Å². The molecular formula is C16H22N2O. The molecule has 1 aliphatic carbocycles. The largest absolute Gasteiger partial charge is 0.321 e. The average molecular weight is 258 g/mol. The lowest BCUT2D eigenvalue weighted by atomic mass is 10.1. The van der Waals surface area contributed by atoms with Gasteiger partial charge in [-0.15, -0.1) is 0 Å². The van der Waals surface area contributed by atoms with E-state index >= 15 is 0 Å². The zero-order valence-electron chi connectivity index (χ0n) is 11.7. The van der Waals surface area contributed by atoms with Gasteiger partial charge in [0.2, 0.25) is 5.91 Å². The molecular weight excluding hydrogens is 236 g/mol. The number of benzene rings is 1. The molecule has 3 nitrogen and oxygen atoms in total. The molecule has 0 bridgehead atoms. The van der Waals surface area contributed by atoms with Crippen LogP contribution in [0.1, 0.15) is 44.8 Å². The molecule has 2 fully saturated rings. The Balaban J connectivity index is 1.86. The van der Waals surface area contributed by atoms with Crippen LogP contribution in [0.15, 0.2) is 30.3 Å². The van der Waals surface area contributed by atoms with Crippen LogP contribution in [0.3, 0.4) is 0 Å². The molecule has 2 atom stereocenters. The molecule has 1 saturated carbocycles. The van der Waals surface area contributed by atoms with Crippen LogP contribution in [0.2, 0.25) is 0 Å². The summed E-state index contributed by atoms with van der Waals surface area (Å²) < 4.78 is 0. The van der Waals surface area contributed by atoms with Gasteiger partial charge in [-0.05, 0) is 24.3 Å². The standard InChI is InChI=1S/C16H22N2O/c1-3-12(2)11-18-14(13-7-5-4-6-8-13)17-16(9-10-16)15(18)19/h4-8,12,14,17H,3,9-11H2,1-2H3. The highest BCUT2D eigenvalue weighted by atomic mass is 16.2. The molecule has 3 heteroatoms. The van der Waals surface area contributed by atoms with Crippen molar-refractivity contribution in [1.29, 1.82) is 0 Å². The molecule has 102 valence electrons. The van der Waals surface area contributed by atoms with Crippen LogP contribution in [0.4, 0.5) is 0 Å². The highest BCUT2D eigenvalue weighted by Crippen LogP contribution is 2.46. The molecule has 1 aromatic carbocycles. The number of carbonyl (C=O) groups is 1. The second-order valence-electron chi connectivity index (χ2n) is 6.01. The minimum Gasteiger partial charge on any atom is -0.321 e. The van der Waals surface area contributed by atoms with Gasteiger partial charge in [0.05, 0.1) is 0 Å². The summed E-state index contributed by atoms with van der Waals surface area (Å²) in [6.45, 7) is 5.25. The fraction of sp³-hybridized carbons (Fsp3) is 0.562. The Hall–Kier alpha value is -1.35. The molecule has 0 aromatic heterocycles. The molecule has 1 amide bonds. The SMILES string of the molecule is CCC(C)CN1C(=O)C2(CC2)NC1c1ccccc1. The highest BCUT2D eigenvalue weighted by molar-refractivity contribution is 5.92. The van der Waals surface area contributed by atoms with Gasteiger partial charge >= 0.3 is 0 Å². The van der Waals surface area contributed by atoms with Gasteiger partial charge in [0.25, 0.3) is 0 Å². The molecule has 1 aromatic rings. The normalized spacial score (nSPS) is 25.9. The minimum atomic E-state index is -0.228. The Morgan fingerprint density at radius 2 is 2.05 bits per heavy atom. The van der Waals surface area contributed by atoms with Gasteiger partial charge in [-0.3, -0.25) is 10.1 Å². The van der Waals surface area contributed by atoms with Crippen molar-refractivity contribution in [2.45, 2.75) is 44.8 Å². The minimum absolute atomic E-state index is 0.0604. The lowest BCUT2D eigenvalue weighted by Gasteiger charge is -2.27. The third-order valence-electron chi connectivity index (χ3n) is 4.47. The number of rotatable bonds is 4. The molecule has 1 aliphatic heterocycles. The number of hydrogen-bond donors (Lipinski definition) is 1. The molecule has 19 heavy (non-hydrogen) atoms. The van der Waals surface area contributed by atoms with E-state index in [0.29, 0.717) is 11.8 Å². The Labute approximate surface area is 115 Å². The smallest absolute Gasteiger partial charge is 0.244 e. The molecule has 0 radical (unpaired) electrons. The summed E-state index contributed by atoms with van der Waals surface area (Å²) in [5, 5.41) is 3.56. The van der Waals surface area contributed by atoms with Crippen molar-refractivity contribution in [2.75, 3.05) is 6.54 Å². The number of nitrogens with zero attached hydrogens (tertiary/aromatic N) is 1. The summed E-state index contributed by atoms with van der Waals surface area (Å²) >= 11 is 0. The predicted molar refractivity (Wildman–Crippen MR) is 75.5 cm³/mol. The first kappa shape index (κ1) is 12.7. The van der Waals surface area contributed by atoms with Crippen LogP contribution < -0.4 is 5.32 Å². The number of carbonyl (C=O) groups excluding carboxylic acids is 1. The van der Waals surface area contributed by atoms with Crippen molar-refractivity contribution < 1.29 is 4.79 Å². The maximum Gasteiger partial charge on any atom is 0.244 e. The number of nitrogens with one attached hydrogen (secondary N) is 1. The molecule has 1 spiro atoms. The van der Waals surface area contributed by atoms with Crippen LogP contribution in [0, 0.1) is 5.92 Å². The van der Waals surface area contributed by atoms with Gasteiger partial charge in [0.15, 0.2) is 0 Å². The van der Waals surface area contributed by atoms with Crippen LogP contribution in [-0.2, 0) is 4.79 Å². The van der Waals surface area contributed by atoms with Crippen LogP contribution >= 0.6 is 0 Å². The van der Waals surface area contributed by atoms with E-state index in [4.69, 9.17) is 0 Å². The van der Waals surface area contributed by atoms with E-state index in [1.54, 1.807) is 0 Å². The van der Waals surface area contributed by atoms with Crippen molar-refractivity contribution in [3.05, 3.63) is 35.9 Å². The van der Waals surface area contributed by atoms with Crippen molar-refractivity contribution in [3.8, 4) is 0 Å². The van der Waals surface area contributed by atoms with E-state index in [1.807, 2.05) is 18.2 Å². The fourth-order valence-corrected chi connectivity index (χ4v) is 2.83. The third kappa shape index (κ3) is 2.16. The maximum atomic E-state index is 12.6. The summed E-state index contributed by atoms with van der Waals surface area (Å²) in [5.41, 5.74) is 0.969. The van der Waals surface area contributed by atoms with Gasteiger partial charge < -0.3 is 4.90 Å².